The molecule has 0 spiro atoms. The summed E-state index contributed by atoms with van der Waals surface area (Å²) in [6.45, 7) is 3.85. The van der Waals surface area contributed by atoms with Crippen molar-refractivity contribution >= 4 is 23.3 Å². The van der Waals surface area contributed by atoms with E-state index in [1.165, 1.54) is 0 Å². The van der Waals surface area contributed by atoms with Gasteiger partial charge in [-0.1, -0.05) is 36.7 Å². The summed E-state index contributed by atoms with van der Waals surface area (Å²) in [6, 6.07) is 9.27. The van der Waals surface area contributed by atoms with E-state index in [9.17, 15) is 9.59 Å². The number of carbonyl (C=O) groups is 2. The van der Waals surface area contributed by atoms with Gasteiger partial charge >= 0.3 is 6.03 Å². The number of oxime groups is 1. The Labute approximate surface area is 148 Å². The van der Waals surface area contributed by atoms with Gasteiger partial charge in [-0.3, -0.25) is 4.79 Å². The van der Waals surface area contributed by atoms with E-state index in [0.29, 0.717) is 32.5 Å². The summed E-state index contributed by atoms with van der Waals surface area (Å²) in [5, 5.41) is 9.67. The molecule has 2 rings (SSSR count). The zero-order valence-electron chi connectivity index (χ0n) is 14.7. The van der Waals surface area contributed by atoms with E-state index in [2.05, 4.69) is 22.7 Å². The van der Waals surface area contributed by atoms with E-state index in [1.807, 2.05) is 30.3 Å². The number of piperidine rings is 1. The number of carbonyl (C=O) groups excluding carboxylic acids is 2. The Bertz CT molecular complexity index is 579. The average molecular weight is 346 g/mol. The average Bonchev–Trinajstić information content (AvgIpc) is 2.63. The smallest absolute Gasteiger partial charge is 0.321 e. The van der Waals surface area contributed by atoms with E-state index in [0.717, 1.165) is 24.2 Å². The Morgan fingerprint density at radius 1 is 1.20 bits per heavy atom. The molecule has 1 aromatic carbocycles. The summed E-state index contributed by atoms with van der Waals surface area (Å²) in [6.07, 6.45) is 3.30. The molecule has 0 aliphatic carbocycles. The molecular formula is C18H26N4O3. The minimum absolute atomic E-state index is 0.0641. The van der Waals surface area contributed by atoms with Gasteiger partial charge in [0, 0.05) is 38.2 Å². The summed E-state index contributed by atoms with van der Waals surface area (Å²) in [5.41, 5.74) is 1.66. The lowest BCUT2D eigenvalue weighted by atomic mass is 10.1. The molecule has 1 heterocycles. The van der Waals surface area contributed by atoms with Crippen LogP contribution in [-0.2, 0) is 9.63 Å². The largest absolute Gasteiger partial charge is 0.386 e. The standard InChI is InChI=1S/C18H26N4O3/c1-2-3-11-19-17(23)14-25-21-16-9-12-22(13-10-16)18(24)20-15-7-5-4-6-8-15/h4-8H,2-3,9-14H2,1H3,(H,19,23)(H,20,24). The molecule has 25 heavy (non-hydrogen) atoms. The highest BCUT2D eigenvalue weighted by atomic mass is 16.6. The van der Waals surface area contributed by atoms with Crippen LogP contribution in [0.4, 0.5) is 10.5 Å². The number of likely N-dealkylation sites (tertiary alicyclic amines) is 1. The van der Waals surface area contributed by atoms with Gasteiger partial charge in [0.15, 0.2) is 6.61 Å². The van der Waals surface area contributed by atoms with Gasteiger partial charge in [-0.15, -0.1) is 0 Å². The zero-order chi connectivity index (χ0) is 17.9. The van der Waals surface area contributed by atoms with Crippen LogP contribution in [0.15, 0.2) is 35.5 Å². The van der Waals surface area contributed by atoms with E-state index < -0.39 is 0 Å². The quantitative estimate of drug-likeness (QED) is 0.588. The summed E-state index contributed by atoms with van der Waals surface area (Å²) < 4.78 is 0. The first kappa shape index (κ1) is 18.8. The number of para-hydroxylation sites is 1. The number of anilines is 1. The van der Waals surface area contributed by atoms with Gasteiger partial charge in [0.2, 0.25) is 0 Å². The monoisotopic (exact) mass is 346 g/mol. The van der Waals surface area contributed by atoms with E-state index >= 15 is 0 Å². The Hall–Kier alpha value is -2.57. The first-order valence-corrected chi connectivity index (χ1v) is 8.74. The minimum Gasteiger partial charge on any atom is -0.386 e. The normalized spacial score (nSPS) is 14.0. The second-order valence-corrected chi connectivity index (χ2v) is 5.92. The lowest BCUT2D eigenvalue weighted by Crippen LogP contribution is -2.41. The highest BCUT2D eigenvalue weighted by Gasteiger charge is 2.20. The van der Waals surface area contributed by atoms with Crippen LogP contribution in [0, 0.1) is 0 Å². The molecule has 7 nitrogen and oxygen atoms in total. The number of amides is 3. The van der Waals surface area contributed by atoms with E-state index in [4.69, 9.17) is 4.84 Å². The highest BCUT2D eigenvalue weighted by molar-refractivity contribution is 5.92. The molecule has 0 bridgehead atoms. The molecule has 1 aliphatic rings. The molecule has 0 unspecified atom stereocenters. The number of urea groups is 1. The Morgan fingerprint density at radius 2 is 1.92 bits per heavy atom. The van der Waals surface area contributed by atoms with Crippen LogP contribution in [0.25, 0.3) is 0 Å². The maximum absolute atomic E-state index is 12.2. The van der Waals surface area contributed by atoms with E-state index in [1.54, 1.807) is 4.90 Å². The van der Waals surface area contributed by atoms with Crippen LogP contribution in [0.5, 0.6) is 0 Å². The maximum Gasteiger partial charge on any atom is 0.321 e. The minimum atomic E-state index is -0.155. The maximum atomic E-state index is 12.2. The number of nitrogens with zero attached hydrogens (tertiary/aromatic N) is 2. The zero-order valence-corrected chi connectivity index (χ0v) is 14.7. The fraction of sp³-hybridized carbons (Fsp3) is 0.500. The Morgan fingerprint density at radius 3 is 2.60 bits per heavy atom. The molecule has 3 amide bonds. The lowest BCUT2D eigenvalue weighted by Gasteiger charge is -2.27. The van der Waals surface area contributed by atoms with Crippen LogP contribution in [-0.4, -0.2) is 48.8 Å². The fourth-order valence-corrected chi connectivity index (χ4v) is 2.42. The summed E-state index contributed by atoms with van der Waals surface area (Å²) in [4.78, 5) is 30.6. The number of nitrogens with one attached hydrogen (secondary N) is 2. The predicted octanol–water partition coefficient (Wildman–Crippen LogP) is 2.60. The van der Waals surface area contributed by atoms with Crippen molar-refractivity contribution in [3.63, 3.8) is 0 Å². The van der Waals surface area contributed by atoms with Crippen molar-refractivity contribution in [2.45, 2.75) is 32.6 Å². The molecule has 0 atom stereocenters. The van der Waals surface area contributed by atoms with Crippen molar-refractivity contribution in [1.82, 2.24) is 10.2 Å². The third kappa shape index (κ3) is 6.82. The molecule has 1 saturated heterocycles. The number of rotatable bonds is 7. The molecular weight excluding hydrogens is 320 g/mol. The Kier molecular flexibility index (Phi) is 7.75. The second kappa shape index (κ2) is 10.3. The molecule has 0 radical (unpaired) electrons. The SMILES string of the molecule is CCCCNC(=O)CON=C1CCN(C(=O)Nc2ccccc2)CC1. The molecule has 0 saturated carbocycles. The van der Waals surface area contributed by atoms with Gasteiger partial charge in [0.25, 0.3) is 5.91 Å². The molecule has 136 valence electrons. The van der Waals surface area contributed by atoms with Crippen molar-refractivity contribution in [1.29, 1.82) is 0 Å². The lowest BCUT2D eigenvalue weighted by molar-refractivity contribution is -0.125. The number of benzene rings is 1. The summed E-state index contributed by atoms with van der Waals surface area (Å²) >= 11 is 0. The first-order valence-electron chi connectivity index (χ1n) is 8.74. The van der Waals surface area contributed by atoms with Crippen LogP contribution >= 0.6 is 0 Å². The molecule has 1 fully saturated rings. The van der Waals surface area contributed by atoms with Crippen LogP contribution in [0.2, 0.25) is 0 Å². The molecule has 1 aliphatic heterocycles. The van der Waals surface area contributed by atoms with Crippen molar-refractivity contribution in [2.24, 2.45) is 5.16 Å². The number of hydrogen-bond acceptors (Lipinski definition) is 4. The van der Waals surface area contributed by atoms with Gasteiger partial charge in [0.05, 0.1) is 5.71 Å². The molecule has 2 N–H and O–H groups in total. The van der Waals surface area contributed by atoms with Gasteiger partial charge in [-0.05, 0) is 18.6 Å². The molecule has 7 heteroatoms. The van der Waals surface area contributed by atoms with Crippen LogP contribution < -0.4 is 10.6 Å². The van der Waals surface area contributed by atoms with Crippen LogP contribution in [0.1, 0.15) is 32.6 Å². The van der Waals surface area contributed by atoms with Gasteiger partial charge in [-0.2, -0.15) is 0 Å². The summed E-state index contributed by atoms with van der Waals surface area (Å²) in [5.74, 6) is -0.155. The van der Waals surface area contributed by atoms with Crippen LogP contribution in [0.3, 0.4) is 0 Å². The van der Waals surface area contributed by atoms with Gasteiger partial charge in [0.1, 0.15) is 0 Å². The summed E-state index contributed by atoms with van der Waals surface area (Å²) in [7, 11) is 0. The number of unbranched alkanes of at least 4 members (excludes halogenated alkanes) is 1. The van der Waals surface area contributed by atoms with Crippen molar-refractivity contribution in [2.75, 3.05) is 31.6 Å². The topological polar surface area (TPSA) is 83.0 Å². The number of hydrogen-bond donors (Lipinski definition) is 2. The van der Waals surface area contributed by atoms with Crippen molar-refractivity contribution in [3.8, 4) is 0 Å². The third-order valence-corrected chi connectivity index (χ3v) is 3.89. The third-order valence-electron chi connectivity index (χ3n) is 3.89. The van der Waals surface area contributed by atoms with Crippen molar-refractivity contribution in [3.05, 3.63) is 30.3 Å². The second-order valence-electron chi connectivity index (χ2n) is 5.92. The predicted molar refractivity (Wildman–Crippen MR) is 97.6 cm³/mol. The Balaban J connectivity index is 1.66. The van der Waals surface area contributed by atoms with Crippen molar-refractivity contribution < 1.29 is 14.4 Å². The molecule has 0 aromatic heterocycles. The fourth-order valence-electron chi connectivity index (χ4n) is 2.42. The molecule has 1 aromatic rings. The highest BCUT2D eigenvalue weighted by Crippen LogP contribution is 2.11. The first-order chi connectivity index (χ1) is 12.2. The van der Waals surface area contributed by atoms with Gasteiger partial charge in [-0.25, -0.2) is 4.79 Å². The van der Waals surface area contributed by atoms with Gasteiger partial charge < -0.3 is 20.4 Å². The van der Waals surface area contributed by atoms with E-state index in [-0.39, 0.29) is 18.5 Å².